The quantitative estimate of drug-likeness (QED) is 0.633. The van der Waals surface area contributed by atoms with E-state index in [0.717, 1.165) is 33.7 Å². The molecule has 0 saturated heterocycles. The van der Waals surface area contributed by atoms with Crippen molar-refractivity contribution in [3.8, 4) is 5.75 Å². The molecule has 102 valence electrons. The van der Waals surface area contributed by atoms with Crippen LogP contribution in [-0.4, -0.2) is 6.61 Å². The normalized spacial score (nSPS) is 12.4. The molecule has 1 aromatic heterocycles. The maximum atomic E-state index is 5.77. The van der Waals surface area contributed by atoms with Crippen molar-refractivity contribution in [2.45, 2.75) is 25.1 Å². The summed E-state index contributed by atoms with van der Waals surface area (Å²) in [5, 5.41) is 0. The van der Waals surface area contributed by atoms with Crippen LogP contribution in [0.15, 0.2) is 39.2 Å². The summed E-state index contributed by atoms with van der Waals surface area (Å²) >= 11 is 7.21. The van der Waals surface area contributed by atoms with Crippen LogP contribution in [0.2, 0.25) is 0 Å². The lowest BCUT2D eigenvalue weighted by Crippen LogP contribution is -1.95. The van der Waals surface area contributed by atoms with E-state index in [-0.39, 0.29) is 4.83 Å². The highest BCUT2D eigenvalue weighted by Gasteiger charge is 2.15. The molecule has 0 radical (unpaired) electrons. The van der Waals surface area contributed by atoms with Gasteiger partial charge in [-0.2, -0.15) is 0 Å². The van der Waals surface area contributed by atoms with Gasteiger partial charge in [-0.15, -0.1) is 0 Å². The van der Waals surface area contributed by atoms with Gasteiger partial charge >= 0.3 is 0 Å². The van der Waals surface area contributed by atoms with Crippen molar-refractivity contribution in [2.75, 3.05) is 6.61 Å². The molecule has 0 aliphatic carbocycles. The first-order chi connectivity index (χ1) is 9.15. The summed E-state index contributed by atoms with van der Waals surface area (Å²) in [6, 6.07) is 10.1. The Morgan fingerprint density at radius 2 is 2.00 bits per heavy atom. The number of aryl methyl sites for hydroxylation is 1. The highest BCUT2D eigenvalue weighted by molar-refractivity contribution is 9.10. The minimum atomic E-state index is 0.0553. The van der Waals surface area contributed by atoms with E-state index >= 15 is 0 Å². The van der Waals surface area contributed by atoms with Crippen LogP contribution in [0.1, 0.15) is 35.8 Å². The molecule has 0 fully saturated rings. The zero-order valence-electron chi connectivity index (χ0n) is 11.0. The van der Waals surface area contributed by atoms with Gasteiger partial charge in [0.25, 0.3) is 0 Å². The number of alkyl halides is 1. The van der Waals surface area contributed by atoms with Crippen molar-refractivity contribution in [1.29, 1.82) is 0 Å². The fourth-order valence-electron chi connectivity index (χ4n) is 1.83. The van der Waals surface area contributed by atoms with Gasteiger partial charge in [0.05, 0.1) is 15.9 Å². The van der Waals surface area contributed by atoms with Crippen LogP contribution in [0.3, 0.4) is 0 Å². The molecule has 0 aliphatic heterocycles. The van der Waals surface area contributed by atoms with Crippen molar-refractivity contribution in [3.05, 3.63) is 51.9 Å². The Morgan fingerprint density at radius 3 is 2.58 bits per heavy atom. The molecular weight excluding hydrogens is 372 g/mol. The molecule has 2 rings (SSSR count). The third-order valence-corrected chi connectivity index (χ3v) is 4.43. The van der Waals surface area contributed by atoms with Crippen LogP contribution < -0.4 is 4.74 Å². The Morgan fingerprint density at radius 1 is 1.21 bits per heavy atom. The molecule has 1 atom stereocenters. The summed E-state index contributed by atoms with van der Waals surface area (Å²) in [7, 11) is 0. The van der Waals surface area contributed by atoms with Crippen LogP contribution in [0, 0.1) is 0 Å². The van der Waals surface area contributed by atoms with E-state index in [1.54, 1.807) is 0 Å². The number of benzene rings is 1. The van der Waals surface area contributed by atoms with E-state index in [4.69, 9.17) is 9.15 Å². The Hall–Kier alpha value is -0.740. The van der Waals surface area contributed by atoms with Gasteiger partial charge in [0.2, 0.25) is 0 Å². The Bertz CT molecular complexity index is 549. The molecule has 0 saturated carbocycles. The highest BCUT2D eigenvalue weighted by atomic mass is 79.9. The fourth-order valence-corrected chi connectivity index (χ4v) is 2.87. The van der Waals surface area contributed by atoms with E-state index in [1.807, 2.05) is 31.2 Å². The molecule has 4 heteroatoms. The standard InChI is InChI=1S/C15H16Br2O2/c1-3-11-6-8-14(19-11)15(17)10-5-7-13(18-4-2)12(16)9-10/h5-9,15H,3-4H2,1-2H3. The van der Waals surface area contributed by atoms with Gasteiger partial charge in [-0.05, 0) is 52.7 Å². The average molecular weight is 388 g/mol. The Kier molecular flexibility index (Phi) is 5.11. The molecular formula is C15H16Br2O2. The molecule has 2 aromatic rings. The Labute approximate surface area is 130 Å². The third-order valence-electron chi connectivity index (χ3n) is 2.83. The summed E-state index contributed by atoms with van der Waals surface area (Å²) in [5.41, 5.74) is 1.13. The van der Waals surface area contributed by atoms with Crippen molar-refractivity contribution >= 4 is 31.9 Å². The summed E-state index contributed by atoms with van der Waals surface area (Å²) in [6.45, 7) is 4.72. The summed E-state index contributed by atoms with van der Waals surface area (Å²) in [5.74, 6) is 2.79. The summed E-state index contributed by atoms with van der Waals surface area (Å²) < 4.78 is 12.2. The number of furan rings is 1. The van der Waals surface area contributed by atoms with Gasteiger partial charge in [0.15, 0.2) is 0 Å². The van der Waals surface area contributed by atoms with Gasteiger partial charge in [-0.25, -0.2) is 0 Å². The SMILES string of the molecule is CCOc1ccc(C(Br)c2ccc(CC)o2)cc1Br. The predicted octanol–water partition coefficient (Wildman–Crippen LogP) is 5.49. The molecule has 0 amide bonds. The van der Waals surface area contributed by atoms with Crippen LogP contribution in [0.5, 0.6) is 5.75 Å². The fraction of sp³-hybridized carbons (Fsp3) is 0.333. The van der Waals surface area contributed by atoms with Crippen molar-refractivity contribution in [2.24, 2.45) is 0 Å². The second-order valence-corrected chi connectivity index (χ2v) is 5.91. The molecule has 0 N–H and O–H groups in total. The minimum Gasteiger partial charge on any atom is -0.493 e. The number of rotatable bonds is 5. The van der Waals surface area contributed by atoms with E-state index in [9.17, 15) is 0 Å². The first kappa shape index (κ1) is 14.7. The average Bonchev–Trinajstić information content (AvgIpc) is 2.89. The largest absolute Gasteiger partial charge is 0.493 e. The van der Waals surface area contributed by atoms with Crippen LogP contribution in [0.25, 0.3) is 0 Å². The molecule has 0 bridgehead atoms. The maximum absolute atomic E-state index is 5.77. The number of hydrogen-bond donors (Lipinski definition) is 0. The van der Waals surface area contributed by atoms with E-state index < -0.39 is 0 Å². The molecule has 2 nitrogen and oxygen atoms in total. The number of hydrogen-bond acceptors (Lipinski definition) is 2. The van der Waals surface area contributed by atoms with Crippen molar-refractivity contribution in [3.63, 3.8) is 0 Å². The summed E-state index contributed by atoms with van der Waals surface area (Å²) in [4.78, 5) is 0.0553. The topological polar surface area (TPSA) is 22.4 Å². The first-order valence-corrected chi connectivity index (χ1v) is 8.01. The molecule has 1 aromatic carbocycles. The predicted molar refractivity (Wildman–Crippen MR) is 84.2 cm³/mol. The first-order valence-electron chi connectivity index (χ1n) is 6.30. The zero-order valence-corrected chi connectivity index (χ0v) is 14.1. The Balaban J connectivity index is 2.23. The highest BCUT2D eigenvalue weighted by Crippen LogP contribution is 2.36. The van der Waals surface area contributed by atoms with Gasteiger partial charge in [0, 0.05) is 6.42 Å². The van der Waals surface area contributed by atoms with Gasteiger partial charge < -0.3 is 9.15 Å². The lowest BCUT2D eigenvalue weighted by molar-refractivity contribution is 0.338. The van der Waals surface area contributed by atoms with Gasteiger partial charge in [-0.3, -0.25) is 0 Å². The third kappa shape index (κ3) is 3.42. The molecule has 1 heterocycles. The molecule has 19 heavy (non-hydrogen) atoms. The van der Waals surface area contributed by atoms with E-state index in [2.05, 4.69) is 44.8 Å². The zero-order chi connectivity index (χ0) is 13.8. The minimum absolute atomic E-state index is 0.0553. The van der Waals surface area contributed by atoms with Gasteiger partial charge in [-0.1, -0.05) is 28.9 Å². The second kappa shape index (κ2) is 6.62. The van der Waals surface area contributed by atoms with Crippen LogP contribution in [0.4, 0.5) is 0 Å². The lowest BCUT2D eigenvalue weighted by Gasteiger charge is -2.11. The van der Waals surface area contributed by atoms with Crippen LogP contribution in [-0.2, 0) is 6.42 Å². The van der Waals surface area contributed by atoms with E-state index in [1.165, 1.54) is 0 Å². The smallest absolute Gasteiger partial charge is 0.133 e. The lowest BCUT2D eigenvalue weighted by atomic mass is 10.1. The molecule has 0 spiro atoms. The molecule has 1 unspecified atom stereocenters. The monoisotopic (exact) mass is 386 g/mol. The maximum Gasteiger partial charge on any atom is 0.133 e. The van der Waals surface area contributed by atoms with Gasteiger partial charge in [0.1, 0.15) is 17.3 Å². The van der Waals surface area contributed by atoms with E-state index in [0.29, 0.717) is 6.61 Å². The second-order valence-electron chi connectivity index (χ2n) is 4.14. The van der Waals surface area contributed by atoms with Crippen LogP contribution >= 0.6 is 31.9 Å². The number of ether oxygens (including phenoxy) is 1. The van der Waals surface area contributed by atoms with Crippen molar-refractivity contribution in [1.82, 2.24) is 0 Å². The number of halogens is 2. The molecule has 0 aliphatic rings. The van der Waals surface area contributed by atoms with Crippen molar-refractivity contribution < 1.29 is 9.15 Å². The summed E-state index contributed by atoms with van der Waals surface area (Å²) in [6.07, 6.45) is 0.909.